The van der Waals surface area contributed by atoms with Crippen molar-refractivity contribution >= 4 is 74.6 Å². The molecule has 1 heterocycles. The van der Waals surface area contributed by atoms with Crippen LogP contribution in [0.15, 0.2) is 77.0 Å². The Balaban J connectivity index is 1.38. The Morgan fingerprint density at radius 2 is 1.84 bits per heavy atom. The van der Waals surface area contributed by atoms with Crippen LogP contribution in [0.2, 0.25) is 10.0 Å². The summed E-state index contributed by atoms with van der Waals surface area (Å²) in [6, 6.07) is 17.6. The monoisotopic (exact) mass is 572 g/mol. The molecule has 0 aliphatic rings. The van der Waals surface area contributed by atoms with E-state index in [9.17, 15) is 19.7 Å². The summed E-state index contributed by atoms with van der Waals surface area (Å²) in [6.45, 7) is 1.76. The number of nitrogens with zero attached hydrogens (tertiary/aromatic N) is 2. The minimum Gasteiger partial charge on any atom is -0.322 e. The number of aromatic nitrogens is 1. The van der Waals surface area contributed by atoms with E-state index >= 15 is 0 Å². The Morgan fingerprint density at radius 3 is 2.59 bits per heavy atom. The fraction of sp³-hybridized carbons (Fsp3) is 0.0800. The van der Waals surface area contributed by atoms with E-state index in [1.165, 1.54) is 47.4 Å². The maximum Gasteiger partial charge on any atom is 0.270 e. The van der Waals surface area contributed by atoms with Crippen LogP contribution in [-0.4, -0.2) is 27.0 Å². The average Bonchev–Trinajstić information content (AvgIpc) is 3.32. The summed E-state index contributed by atoms with van der Waals surface area (Å²) in [4.78, 5) is 40.9. The second-order valence-electron chi connectivity index (χ2n) is 7.70. The molecule has 8 nitrogen and oxygen atoms in total. The molecule has 0 saturated heterocycles. The Labute approximate surface area is 230 Å². The van der Waals surface area contributed by atoms with Gasteiger partial charge in [-0.15, -0.1) is 23.1 Å². The molecule has 1 atom stereocenters. The predicted molar refractivity (Wildman–Crippen MR) is 149 cm³/mol. The van der Waals surface area contributed by atoms with Gasteiger partial charge >= 0.3 is 0 Å². The molecular weight excluding hydrogens is 555 g/mol. The van der Waals surface area contributed by atoms with Crippen LogP contribution in [0.3, 0.4) is 0 Å². The summed E-state index contributed by atoms with van der Waals surface area (Å²) in [5.74, 6) is -0.712. The van der Waals surface area contributed by atoms with Crippen LogP contribution in [-0.2, 0) is 4.79 Å². The molecule has 4 rings (SSSR count). The number of thiazole rings is 1. The first-order valence-electron chi connectivity index (χ1n) is 10.7. The number of carbonyl (C=O) groups excluding carboxylic acids is 2. The number of nitro groups is 1. The number of halogens is 2. The molecule has 2 amide bonds. The van der Waals surface area contributed by atoms with Gasteiger partial charge in [0, 0.05) is 44.2 Å². The molecule has 0 spiro atoms. The first kappa shape index (κ1) is 26.6. The first-order valence-corrected chi connectivity index (χ1v) is 13.3. The molecule has 0 aliphatic heterocycles. The van der Waals surface area contributed by atoms with E-state index in [0.29, 0.717) is 32.1 Å². The number of nitro benzene ring substituents is 1. The normalized spacial score (nSPS) is 11.5. The fourth-order valence-corrected chi connectivity index (χ4v) is 5.37. The third-order valence-corrected chi connectivity index (χ3v) is 7.43. The van der Waals surface area contributed by atoms with E-state index < -0.39 is 16.1 Å². The molecule has 0 fully saturated rings. The number of hydrogen-bond acceptors (Lipinski definition) is 7. The maximum absolute atomic E-state index is 12.8. The summed E-state index contributed by atoms with van der Waals surface area (Å²) in [5.41, 5.74) is 1.85. The van der Waals surface area contributed by atoms with Crippen LogP contribution in [0.5, 0.6) is 0 Å². The van der Waals surface area contributed by atoms with Crippen LogP contribution in [0.1, 0.15) is 17.3 Å². The van der Waals surface area contributed by atoms with E-state index in [4.69, 9.17) is 23.2 Å². The number of thioether (sulfide) groups is 1. The highest BCUT2D eigenvalue weighted by Gasteiger charge is 2.18. The van der Waals surface area contributed by atoms with E-state index in [2.05, 4.69) is 15.6 Å². The zero-order chi connectivity index (χ0) is 26.5. The SMILES string of the molecule is CC(Sc1cccc(NC(=O)c2cccc([N+](=O)[O-])c2)c1)C(=O)Nc1nc(-c2ccc(Cl)cc2Cl)cs1. The number of benzene rings is 3. The molecule has 0 radical (unpaired) electrons. The molecule has 4 aromatic rings. The zero-order valence-electron chi connectivity index (χ0n) is 19.1. The lowest BCUT2D eigenvalue weighted by atomic mass is 10.2. The van der Waals surface area contributed by atoms with Crippen LogP contribution >= 0.6 is 46.3 Å². The van der Waals surface area contributed by atoms with Gasteiger partial charge in [0.1, 0.15) is 0 Å². The van der Waals surface area contributed by atoms with Crippen molar-refractivity contribution < 1.29 is 14.5 Å². The van der Waals surface area contributed by atoms with Gasteiger partial charge in [-0.3, -0.25) is 19.7 Å². The number of non-ortho nitro benzene ring substituents is 1. The zero-order valence-corrected chi connectivity index (χ0v) is 22.3. The first-order chi connectivity index (χ1) is 17.7. The summed E-state index contributed by atoms with van der Waals surface area (Å²) < 4.78 is 0. The Hall–Kier alpha value is -3.44. The minimum atomic E-state index is -0.556. The van der Waals surface area contributed by atoms with Gasteiger partial charge in [0.25, 0.3) is 11.6 Å². The highest BCUT2D eigenvalue weighted by molar-refractivity contribution is 8.00. The third-order valence-electron chi connectivity index (χ3n) is 5.03. The van der Waals surface area contributed by atoms with Crippen LogP contribution < -0.4 is 10.6 Å². The molecule has 3 aromatic carbocycles. The third kappa shape index (κ3) is 6.86. The van der Waals surface area contributed by atoms with Gasteiger partial charge in [0.15, 0.2) is 5.13 Å². The van der Waals surface area contributed by atoms with Crippen molar-refractivity contribution in [2.45, 2.75) is 17.1 Å². The highest BCUT2D eigenvalue weighted by Crippen LogP contribution is 2.33. The van der Waals surface area contributed by atoms with E-state index in [1.54, 1.807) is 48.7 Å². The smallest absolute Gasteiger partial charge is 0.270 e. The Kier molecular flexibility index (Phi) is 8.45. The van der Waals surface area contributed by atoms with Crippen molar-refractivity contribution in [3.63, 3.8) is 0 Å². The lowest BCUT2D eigenvalue weighted by Crippen LogP contribution is -2.22. The molecular formula is C25H18Cl2N4O4S2. The number of nitrogens with one attached hydrogen (secondary N) is 2. The molecule has 0 aliphatic carbocycles. The second-order valence-corrected chi connectivity index (χ2v) is 10.8. The summed E-state index contributed by atoms with van der Waals surface area (Å²) >= 11 is 14.8. The standard InChI is InChI=1S/C25H18Cl2N4O4S2/c1-14(23(32)30-25-29-22(13-36-25)20-9-8-16(26)11-21(20)27)37-19-7-3-5-17(12-19)28-24(33)15-4-2-6-18(10-15)31(34)35/h2-14H,1H3,(H,28,33)(H,29,30,32). The number of anilines is 2. The number of rotatable bonds is 8. The van der Waals surface area contributed by atoms with Crippen LogP contribution in [0, 0.1) is 10.1 Å². The number of carbonyl (C=O) groups is 2. The lowest BCUT2D eigenvalue weighted by molar-refractivity contribution is -0.384. The summed E-state index contributed by atoms with van der Waals surface area (Å²) in [6.07, 6.45) is 0. The van der Waals surface area contributed by atoms with Gasteiger partial charge < -0.3 is 10.6 Å². The molecule has 2 N–H and O–H groups in total. The number of hydrogen-bond donors (Lipinski definition) is 2. The van der Waals surface area contributed by atoms with Crippen molar-refractivity contribution in [1.82, 2.24) is 4.98 Å². The molecule has 0 bridgehead atoms. The van der Waals surface area contributed by atoms with Gasteiger partial charge in [-0.2, -0.15) is 0 Å². The van der Waals surface area contributed by atoms with E-state index in [-0.39, 0.29) is 17.2 Å². The largest absolute Gasteiger partial charge is 0.322 e. The van der Waals surface area contributed by atoms with E-state index in [1.807, 2.05) is 6.07 Å². The molecule has 0 saturated carbocycles. The Morgan fingerprint density at radius 1 is 1.05 bits per heavy atom. The van der Waals surface area contributed by atoms with Gasteiger partial charge in [-0.25, -0.2) is 4.98 Å². The highest BCUT2D eigenvalue weighted by atomic mass is 35.5. The summed E-state index contributed by atoms with van der Waals surface area (Å²) in [5, 5.41) is 19.3. The molecule has 1 aromatic heterocycles. The average molecular weight is 573 g/mol. The number of amides is 2. The maximum atomic E-state index is 12.8. The predicted octanol–water partition coefficient (Wildman–Crippen LogP) is 7.40. The molecule has 12 heteroatoms. The fourth-order valence-electron chi connectivity index (χ4n) is 3.23. The van der Waals surface area contributed by atoms with Crippen LogP contribution in [0.4, 0.5) is 16.5 Å². The van der Waals surface area contributed by atoms with E-state index in [0.717, 1.165) is 4.90 Å². The van der Waals surface area contributed by atoms with Gasteiger partial charge in [-0.1, -0.05) is 35.3 Å². The van der Waals surface area contributed by atoms with Gasteiger partial charge in [0.05, 0.1) is 20.9 Å². The van der Waals surface area contributed by atoms with Crippen LogP contribution in [0.25, 0.3) is 11.3 Å². The molecule has 1 unspecified atom stereocenters. The second kappa shape index (κ2) is 11.7. The van der Waals surface area contributed by atoms with Crippen molar-refractivity contribution in [3.8, 4) is 11.3 Å². The quantitative estimate of drug-likeness (QED) is 0.129. The van der Waals surface area contributed by atoms with Crippen molar-refractivity contribution in [2.24, 2.45) is 0 Å². The lowest BCUT2D eigenvalue weighted by Gasteiger charge is -2.12. The summed E-state index contributed by atoms with van der Waals surface area (Å²) in [7, 11) is 0. The topological polar surface area (TPSA) is 114 Å². The van der Waals surface area contributed by atoms with Crippen molar-refractivity contribution in [1.29, 1.82) is 0 Å². The molecule has 188 valence electrons. The van der Waals surface area contributed by atoms with Gasteiger partial charge in [-0.05, 0) is 49.4 Å². The minimum absolute atomic E-state index is 0.166. The van der Waals surface area contributed by atoms with Crippen molar-refractivity contribution in [3.05, 3.63) is 97.8 Å². The molecule has 37 heavy (non-hydrogen) atoms. The van der Waals surface area contributed by atoms with Crippen molar-refractivity contribution in [2.75, 3.05) is 10.6 Å². The Bertz CT molecular complexity index is 1500. The van der Waals surface area contributed by atoms with Gasteiger partial charge in [0.2, 0.25) is 5.91 Å².